The van der Waals surface area contributed by atoms with E-state index in [0.29, 0.717) is 29.1 Å². The van der Waals surface area contributed by atoms with E-state index >= 15 is 0 Å². The second-order valence-corrected chi connectivity index (χ2v) is 14.3. The fourth-order valence-electron chi connectivity index (χ4n) is 8.05. The number of hydrogen-bond acceptors (Lipinski definition) is 0. The lowest BCUT2D eigenvalue weighted by atomic mass is 9.57. The third-order valence-corrected chi connectivity index (χ3v) is 10.1. The minimum absolute atomic E-state index is 0.218. The van der Waals surface area contributed by atoms with Crippen LogP contribution in [0, 0.1) is 51.8 Å². The number of fused-ring (bicyclic) bond motifs is 3. The number of allylic oxidation sites excluding steroid dienone is 9. The molecule has 4 aliphatic carbocycles. The maximum atomic E-state index is 3.99. The highest BCUT2D eigenvalue weighted by atomic mass is 14.6. The van der Waals surface area contributed by atoms with Crippen molar-refractivity contribution in [3.05, 3.63) is 60.3 Å². The summed E-state index contributed by atoms with van der Waals surface area (Å²) in [5.41, 5.74) is 3.96. The molecule has 0 N–H and O–H groups in total. The van der Waals surface area contributed by atoms with Crippen molar-refractivity contribution in [1.82, 2.24) is 0 Å². The van der Waals surface area contributed by atoms with Crippen LogP contribution in [0.4, 0.5) is 0 Å². The Hall–Kier alpha value is -1.30. The molecule has 0 aromatic rings. The molecule has 0 radical (unpaired) electrons. The summed E-state index contributed by atoms with van der Waals surface area (Å²) in [6.45, 7) is 21.1. The van der Waals surface area contributed by atoms with E-state index in [2.05, 4.69) is 97.6 Å². The summed E-state index contributed by atoms with van der Waals surface area (Å²) >= 11 is 0. The maximum Gasteiger partial charge on any atom is -0.00952 e. The van der Waals surface area contributed by atoms with Crippen molar-refractivity contribution in [2.24, 2.45) is 51.8 Å². The SMILES string of the molecule is C=CCCCCC(C)(C1CCCC1)C1C2C=C(C(C)(C)C)C=CC2C2C=CC(C(C)(C)C)=CC21. The van der Waals surface area contributed by atoms with E-state index in [-0.39, 0.29) is 10.8 Å². The van der Waals surface area contributed by atoms with E-state index in [1.54, 1.807) is 11.1 Å². The van der Waals surface area contributed by atoms with E-state index in [1.165, 1.54) is 44.9 Å². The molecule has 0 nitrogen and oxygen atoms in total. The first kappa shape index (κ1) is 25.8. The summed E-state index contributed by atoms with van der Waals surface area (Å²) in [5, 5.41) is 0. The Kier molecular flexibility index (Phi) is 7.30. The van der Waals surface area contributed by atoms with Gasteiger partial charge < -0.3 is 0 Å². The summed E-state index contributed by atoms with van der Waals surface area (Å²) < 4.78 is 0. The molecule has 2 saturated carbocycles. The third kappa shape index (κ3) is 4.85. The monoisotopic (exact) mass is 460 g/mol. The van der Waals surface area contributed by atoms with Crippen molar-refractivity contribution in [2.75, 3.05) is 0 Å². The van der Waals surface area contributed by atoms with Crippen molar-refractivity contribution in [3.63, 3.8) is 0 Å². The topological polar surface area (TPSA) is 0 Å². The van der Waals surface area contributed by atoms with Crippen LogP contribution in [0.5, 0.6) is 0 Å². The molecule has 0 aliphatic heterocycles. The van der Waals surface area contributed by atoms with Gasteiger partial charge in [0.1, 0.15) is 0 Å². The zero-order valence-corrected chi connectivity index (χ0v) is 23.4. The van der Waals surface area contributed by atoms with E-state index in [1.807, 2.05) is 0 Å². The van der Waals surface area contributed by atoms with Crippen LogP contribution in [0.1, 0.15) is 99.8 Å². The van der Waals surface area contributed by atoms with Crippen LogP contribution in [0.15, 0.2) is 60.3 Å². The van der Waals surface area contributed by atoms with Crippen molar-refractivity contribution >= 4 is 0 Å². The van der Waals surface area contributed by atoms with Crippen LogP contribution in [0.25, 0.3) is 0 Å². The van der Waals surface area contributed by atoms with Gasteiger partial charge in [-0.15, -0.1) is 6.58 Å². The Balaban J connectivity index is 1.79. The fraction of sp³-hybridized carbons (Fsp3) is 0.706. The molecule has 0 aromatic carbocycles. The highest BCUT2D eigenvalue weighted by Gasteiger charge is 2.57. The van der Waals surface area contributed by atoms with Gasteiger partial charge in [-0.3, -0.25) is 0 Å². The normalized spacial score (nSPS) is 33.2. The Morgan fingerprint density at radius 3 is 1.71 bits per heavy atom. The number of unbranched alkanes of at least 4 members (excludes halogenated alkanes) is 2. The number of rotatable bonds is 7. The summed E-state index contributed by atoms with van der Waals surface area (Å²) in [6, 6.07) is 0. The first-order valence-electron chi connectivity index (χ1n) is 14.4. The van der Waals surface area contributed by atoms with E-state index in [9.17, 15) is 0 Å². The van der Waals surface area contributed by atoms with Gasteiger partial charge in [-0.1, -0.05) is 110 Å². The molecule has 5 atom stereocenters. The summed E-state index contributed by atoms with van der Waals surface area (Å²) in [7, 11) is 0. The third-order valence-electron chi connectivity index (χ3n) is 10.1. The van der Waals surface area contributed by atoms with Crippen molar-refractivity contribution in [2.45, 2.75) is 99.8 Å². The van der Waals surface area contributed by atoms with Gasteiger partial charge in [0.25, 0.3) is 0 Å². The predicted octanol–water partition coefficient (Wildman–Crippen LogP) is 10.1. The molecule has 0 bridgehead atoms. The molecule has 34 heavy (non-hydrogen) atoms. The first-order valence-corrected chi connectivity index (χ1v) is 14.4. The number of hydrogen-bond donors (Lipinski definition) is 0. The van der Waals surface area contributed by atoms with Crippen LogP contribution < -0.4 is 0 Å². The van der Waals surface area contributed by atoms with E-state index in [0.717, 1.165) is 18.3 Å². The van der Waals surface area contributed by atoms with Crippen LogP contribution >= 0.6 is 0 Å². The lowest BCUT2D eigenvalue weighted by molar-refractivity contribution is 0.0415. The van der Waals surface area contributed by atoms with Crippen LogP contribution in [0.3, 0.4) is 0 Å². The lowest BCUT2D eigenvalue weighted by Gasteiger charge is -2.47. The average Bonchev–Trinajstić information content (AvgIpc) is 3.41. The first-order chi connectivity index (χ1) is 16.0. The van der Waals surface area contributed by atoms with Gasteiger partial charge >= 0.3 is 0 Å². The fourth-order valence-corrected chi connectivity index (χ4v) is 8.05. The molecule has 0 saturated heterocycles. The van der Waals surface area contributed by atoms with E-state index in [4.69, 9.17) is 0 Å². The van der Waals surface area contributed by atoms with Crippen LogP contribution in [-0.2, 0) is 0 Å². The Bertz CT molecular complexity index is 805. The Morgan fingerprint density at radius 1 is 0.765 bits per heavy atom. The molecule has 0 aromatic heterocycles. The standard InChI is InChI=1S/C34H52/c1-9-10-11-14-21-34(8,24-15-12-13-16-24)31-29-22-25(32(2,3)4)17-19-27(29)28-20-18-26(23-30(28)31)33(5,6)7/h9,17-20,22-24,27-31H,1,10-16,21H2,2-8H3. The molecule has 0 amide bonds. The molecular formula is C34H52. The van der Waals surface area contributed by atoms with Gasteiger partial charge in [0.2, 0.25) is 0 Å². The molecule has 4 rings (SSSR count). The van der Waals surface area contributed by atoms with E-state index < -0.39 is 0 Å². The van der Waals surface area contributed by atoms with Crippen LogP contribution in [-0.4, -0.2) is 0 Å². The summed E-state index contributed by atoms with van der Waals surface area (Å²) in [4.78, 5) is 0. The van der Waals surface area contributed by atoms with Crippen molar-refractivity contribution < 1.29 is 0 Å². The predicted molar refractivity (Wildman–Crippen MR) is 150 cm³/mol. The smallest absolute Gasteiger partial charge is 0.00952 e. The zero-order valence-electron chi connectivity index (χ0n) is 23.4. The second-order valence-electron chi connectivity index (χ2n) is 14.3. The van der Waals surface area contributed by atoms with Gasteiger partial charge in [0.05, 0.1) is 0 Å². The van der Waals surface area contributed by atoms with Gasteiger partial charge in [-0.05, 0) is 95.0 Å². The largest absolute Gasteiger partial charge is 0.103 e. The highest BCUT2D eigenvalue weighted by molar-refractivity contribution is 5.39. The molecule has 0 heteroatoms. The molecule has 2 fully saturated rings. The summed E-state index contributed by atoms with van der Waals surface area (Å²) in [6.07, 6.45) is 28.8. The molecular weight excluding hydrogens is 408 g/mol. The lowest BCUT2D eigenvalue weighted by Crippen LogP contribution is -2.40. The zero-order chi connectivity index (χ0) is 24.7. The molecule has 4 aliphatic rings. The van der Waals surface area contributed by atoms with Crippen molar-refractivity contribution in [3.8, 4) is 0 Å². The molecule has 188 valence electrons. The summed E-state index contributed by atoms with van der Waals surface area (Å²) in [5.74, 6) is 4.27. The Labute approximate surface area is 211 Å². The van der Waals surface area contributed by atoms with Gasteiger partial charge in [-0.2, -0.15) is 0 Å². The second kappa shape index (κ2) is 9.63. The minimum Gasteiger partial charge on any atom is -0.103 e. The Morgan fingerprint density at radius 2 is 1.26 bits per heavy atom. The maximum absolute atomic E-state index is 3.99. The van der Waals surface area contributed by atoms with Gasteiger partial charge in [0.15, 0.2) is 0 Å². The van der Waals surface area contributed by atoms with Crippen LogP contribution in [0.2, 0.25) is 0 Å². The van der Waals surface area contributed by atoms with Crippen molar-refractivity contribution in [1.29, 1.82) is 0 Å². The minimum atomic E-state index is 0.218. The van der Waals surface area contributed by atoms with Gasteiger partial charge in [-0.25, -0.2) is 0 Å². The average molecular weight is 461 g/mol. The molecule has 0 spiro atoms. The molecule has 0 heterocycles. The van der Waals surface area contributed by atoms with Gasteiger partial charge in [0, 0.05) is 0 Å². The molecule has 5 unspecified atom stereocenters. The highest BCUT2D eigenvalue weighted by Crippen LogP contribution is 2.63. The quantitative estimate of drug-likeness (QED) is 0.262.